The highest BCUT2D eigenvalue weighted by molar-refractivity contribution is 7.71. The Bertz CT molecular complexity index is 668. The molecule has 0 unspecified atom stereocenters. The zero-order valence-electron chi connectivity index (χ0n) is 7.15. The minimum Gasteiger partial charge on any atom is -0.451 e. The molecule has 68 valence electrons. The number of rotatable bonds is 0. The van der Waals surface area contributed by atoms with Crippen molar-refractivity contribution in [2.24, 2.45) is 0 Å². The summed E-state index contributed by atoms with van der Waals surface area (Å²) in [6, 6.07) is 7.81. The highest BCUT2D eigenvalue weighted by Crippen LogP contribution is 2.26. The standard InChI is InChI=1S/C10H6N2OS/c14-10-9-8(11-5-12-10)6-3-1-2-4-7(6)13-9/h1-5H,(H,11,12,14). The fourth-order valence-electron chi connectivity index (χ4n) is 1.55. The van der Waals surface area contributed by atoms with E-state index in [2.05, 4.69) is 9.97 Å². The molecule has 0 fully saturated rings. The van der Waals surface area contributed by atoms with Gasteiger partial charge in [0.2, 0.25) is 0 Å². The van der Waals surface area contributed by atoms with Crippen molar-refractivity contribution in [3.63, 3.8) is 0 Å². The molecule has 2 aromatic heterocycles. The van der Waals surface area contributed by atoms with E-state index in [9.17, 15) is 0 Å². The van der Waals surface area contributed by atoms with Gasteiger partial charge in [-0.25, -0.2) is 4.98 Å². The van der Waals surface area contributed by atoms with Crippen LogP contribution in [0.15, 0.2) is 35.0 Å². The average Bonchev–Trinajstić information content (AvgIpc) is 2.59. The lowest BCUT2D eigenvalue weighted by molar-refractivity contribution is 0.664. The Labute approximate surface area is 84.4 Å². The van der Waals surface area contributed by atoms with Crippen LogP contribution >= 0.6 is 12.2 Å². The van der Waals surface area contributed by atoms with Gasteiger partial charge in [-0.1, -0.05) is 24.4 Å². The van der Waals surface area contributed by atoms with E-state index >= 15 is 0 Å². The second kappa shape index (κ2) is 2.65. The highest BCUT2D eigenvalue weighted by atomic mass is 32.1. The molecule has 0 radical (unpaired) electrons. The van der Waals surface area contributed by atoms with Gasteiger partial charge in [-0.15, -0.1) is 0 Å². The molecule has 0 aliphatic heterocycles. The van der Waals surface area contributed by atoms with Gasteiger partial charge in [0.25, 0.3) is 0 Å². The van der Waals surface area contributed by atoms with Crippen LogP contribution in [0, 0.1) is 4.64 Å². The number of hydrogen-bond acceptors (Lipinski definition) is 3. The third-order valence-electron chi connectivity index (χ3n) is 2.18. The minimum absolute atomic E-state index is 0.495. The van der Waals surface area contributed by atoms with E-state index in [4.69, 9.17) is 16.6 Å². The van der Waals surface area contributed by atoms with Gasteiger partial charge in [0, 0.05) is 5.39 Å². The summed E-state index contributed by atoms with van der Waals surface area (Å²) in [5, 5.41) is 1.04. The summed E-state index contributed by atoms with van der Waals surface area (Å²) >= 11 is 5.07. The minimum atomic E-state index is 0.495. The molecule has 3 nitrogen and oxygen atoms in total. The van der Waals surface area contributed by atoms with E-state index in [1.54, 1.807) is 6.33 Å². The van der Waals surface area contributed by atoms with Gasteiger partial charge in [0.15, 0.2) is 10.2 Å². The first kappa shape index (κ1) is 7.70. The molecule has 4 heteroatoms. The number of aromatic nitrogens is 2. The van der Waals surface area contributed by atoms with Crippen LogP contribution in [-0.4, -0.2) is 9.97 Å². The number of furan rings is 1. The Kier molecular flexibility index (Phi) is 1.46. The molecule has 0 saturated heterocycles. The van der Waals surface area contributed by atoms with Crippen molar-refractivity contribution in [1.29, 1.82) is 0 Å². The second-order valence-corrected chi connectivity index (χ2v) is 3.40. The van der Waals surface area contributed by atoms with Gasteiger partial charge < -0.3 is 9.40 Å². The predicted octanol–water partition coefficient (Wildman–Crippen LogP) is 3.04. The molecule has 0 aliphatic rings. The van der Waals surface area contributed by atoms with E-state index in [1.165, 1.54) is 0 Å². The number of hydrogen-bond donors (Lipinski definition) is 1. The Morgan fingerprint density at radius 3 is 3.07 bits per heavy atom. The Morgan fingerprint density at radius 2 is 2.14 bits per heavy atom. The van der Waals surface area contributed by atoms with Crippen LogP contribution in [0.1, 0.15) is 0 Å². The lowest BCUT2D eigenvalue weighted by atomic mass is 10.2. The zero-order chi connectivity index (χ0) is 9.54. The van der Waals surface area contributed by atoms with Gasteiger partial charge >= 0.3 is 0 Å². The third kappa shape index (κ3) is 0.914. The van der Waals surface area contributed by atoms with Gasteiger partial charge in [0.1, 0.15) is 5.58 Å². The van der Waals surface area contributed by atoms with Crippen LogP contribution in [0.4, 0.5) is 0 Å². The summed E-state index contributed by atoms with van der Waals surface area (Å²) in [5.41, 5.74) is 2.40. The molecule has 3 rings (SSSR count). The Morgan fingerprint density at radius 1 is 1.29 bits per heavy atom. The maximum atomic E-state index is 5.59. The lowest BCUT2D eigenvalue weighted by Gasteiger charge is -1.87. The van der Waals surface area contributed by atoms with Crippen LogP contribution in [0.5, 0.6) is 0 Å². The van der Waals surface area contributed by atoms with Gasteiger partial charge in [0.05, 0.1) is 11.8 Å². The molecule has 1 N–H and O–H groups in total. The third-order valence-corrected chi connectivity index (χ3v) is 2.47. The van der Waals surface area contributed by atoms with E-state index in [-0.39, 0.29) is 0 Å². The highest BCUT2D eigenvalue weighted by Gasteiger charge is 2.06. The lowest BCUT2D eigenvalue weighted by Crippen LogP contribution is -1.77. The number of aromatic amines is 1. The van der Waals surface area contributed by atoms with Crippen molar-refractivity contribution in [3.05, 3.63) is 35.2 Å². The van der Waals surface area contributed by atoms with Crippen LogP contribution in [0.3, 0.4) is 0 Å². The molecule has 14 heavy (non-hydrogen) atoms. The molecular formula is C10H6N2OS. The van der Waals surface area contributed by atoms with Crippen LogP contribution < -0.4 is 0 Å². The molecule has 0 spiro atoms. The number of nitrogens with zero attached hydrogens (tertiary/aromatic N) is 1. The smallest absolute Gasteiger partial charge is 0.188 e. The summed E-state index contributed by atoms with van der Waals surface area (Å²) in [7, 11) is 0. The largest absolute Gasteiger partial charge is 0.451 e. The van der Waals surface area contributed by atoms with Crippen molar-refractivity contribution in [1.82, 2.24) is 9.97 Å². The monoisotopic (exact) mass is 202 g/mol. The van der Waals surface area contributed by atoms with Gasteiger partial charge in [-0.05, 0) is 12.1 Å². The van der Waals surface area contributed by atoms with Crippen LogP contribution in [0.2, 0.25) is 0 Å². The van der Waals surface area contributed by atoms with Crippen LogP contribution in [-0.2, 0) is 0 Å². The SMILES string of the molecule is S=c1nc[nH]c2c1oc1ccccc12. The second-order valence-electron chi connectivity index (χ2n) is 3.01. The predicted molar refractivity (Wildman–Crippen MR) is 56.7 cm³/mol. The summed E-state index contributed by atoms with van der Waals surface area (Å²) in [6.07, 6.45) is 1.59. The summed E-state index contributed by atoms with van der Waals surface area (Å²) in [4.78, 5) is 7.01. The van der Waals surface area contributed by atoms with E-state index in [1.807, 2.05) is 24.3 Å². The van der Waals surface area contributed by atoms with E-state index < -0.39 is 0 Å². The maximum Gasteiger partial charge on any atom is 0.188 e. The number of fused-ring (bicyclic) bond motifs is 3. The molecule has 0 atom stereocenters. The molecular weight excluding hydrogens is 196 g/mol. The first-order valence-electron chi connectivity index (χ1n) is 4.21. The van der Waals surface area contributed by atoms with E-state index in [0.717, 1.165) is 16.5 Å². The molecule has 3 aromatic rings. The van der Waals surface area contributed by atoms with Crippen molar-refractivity contribution < 1.29 is 4.42 Å². The number of H-pyrrole nitrogens is 1. The van der Waals surface area contributed by atoms with Gasteiger partial charge in [-0.2, -0.15) is 0 Å². The molecule has 2 heterocycles. The van der Waals surface area contributed by atoms with Crippen molar-refractivity contribution in [3.8, 4) is 0 Å². The topological polar surface area (TPSA) is 41.8 Å². The quantitative estimate of drug-likeness (QED) is 0.570. The van der Waals surface area contributed by atoms with Crippen LogP contribution in [0.25, 0.3) is 22.1 Å². The summed E-state index contributed by atoms with van der Waals surface area (Å²) in [5.74, 6) is 0. The molecule has 0 saturated carbocycles. The van der Waals surface area contributed by atoms with Crippen molar-refractivity contribution in [2.45, 2.75) is 0 Å². The van der Waals surface area contributed by atoms with Crippen molar-refractivity contribution in [2.75, 3.05) is 0 Å². The molecule has 0 bridgehead atoms. The van der Waals surface area contributed by atoms with Crippen molar-refractivity contribution >= 4 is 34.3 Å². The van der Waals surface area contributed by atoms with Gasteiger partial charge in [-0.3, -0.25) is 0 Å². The first-order chi connectivity index (χ1) is 6.86. The summed E-state index contributed by atoms with van der Waals surface area (Å²) in [6.45, 7) is 0. The number of para-hydroxylation sites is 1. The first-order valence-corrected chi connectivity index (χ1v) is 4.62. The fraction of sp³-hybridized carbons (Fsp3) is 0. The normalized spacial score (nSPS) is 11.1. The molecule has 0 amide bonds. The molecule has 0 aliphatic carbocycles. The Balaban J connectivity index is 2.70. The number of benzene rings is 1. The fourth-order valence-corrected chi connectivity index (χ4v) is 1.75. The zero-order valence-corrected chi connectivity index (χ0v) is 7.97. The summed E-state index contributed by atoms with van der Waals surface area (Å²) < 4.78 is 6.08. The molecule has 1 aromatic carbocycles. The average molecular weight is 202 g/mol. The maximum absolute atomic E-state index is 5.59. The number of nitrogens with one attached hydrogen (secondary N) is 1. The van der Waals surface area contributed by atoms with E-state index in [0.29, 0.717) is 10.2 Å². The Hall–Kier alpha value is -1.68.